The maximum Gasteiger partial charge on any atom is 0.233 e. The van der Waals surface area contributed by atoms with Gasteiger partial charge in [-0.3, -0.25) is 4.79 Å². The molecule has 3 aromatic carbocycles. The maximum absolute atomic E-state index is 13.1. The van der Waals surface area contributed by atoms with Crippen LogP contribution in [0.25, 0.3) is 0 Å². The quantitative estimate of drug-likeness (QED) is 0.531. The molecule has 29 heavy (non-hydrogen) atoms. The molecule has 0 aliphatic carbocycles. The molecular formula is C24H23NO3S. The van der Waals surface area contributed by atoms with Crippen LogP contribution in [0.3, 0.4) is 0 Å². The van der Waals surface area contributed by atoms with E-state index in [0.717, 1.165) is 27.5 Å². The van der Waals surface area contributed by atoms with Gasteiger partial charge in [0.05, 0.1) is 5.75 Å². The fourth-order valence-corrected chi connectivity index (χ4v) is 4.02. The summed E-state index contributed by atoms with van der Waals surface area (Å²) in [5.41, 5.74) is 2.25. The summed E-state index contributed by atoms with van der Waals surface area (Å²) in [7, 11) is 0. The predicted molar refractivity (Wildman–Crippen MR) is 115 cm³/mol. The number of ether oxygens (including phenoxy) is 2. The molecule has 0 N–H and O–H groups in total. The molecule has 1 aliphatic heterocycles. The highest BCUT2D eigenvalue weighted by molar-refractivity contribution is 8.00. The molecule has 148 valence electrons. The van der Waals surface area contributed by atoms with Gasteiger partial charge < -0.3 is 14.4 Å². The van der Waals surface area contributed by atoms with Gasteiger partial charge in [0.25, 0.3) is 0 Å². The van der Waals surface area contributed by atoms with Crippen LogP contribution < -0.4 is 9.47 Å². The normalized spacial score (nSPS) is 12.4. The number of carbonyl (C=O) groups is 1. The highest BCUT2D eigenvalue weighted by Gasteiger charge is 2.17. The second kappa shape index (κ2) is 9.52. The minimum Gasteiger partial charge on any atom is -0.486 e. The zero-order chi connectivity index (χ0) is 19.9. The molecule has 3 aromatic rings. The van der Waals surface area contributed by atoms with Crippen molar-refractivity contribution in [1.82, 2.24) is 4.90 Å². The summed E-state index contributed by atoms with van der Waals surface area (Å²) < 4.78 is 11.2. The Morgan fingerprint density at radius 2 is 1.38 bits per heavy atom. The Bertz CT molecular complexity index is 905. The maximum atomic E-state index is 13.1. The SMILES string of the molecule is O=C(CSc1ccc2c(c1)OCCO2)N(Cc1ccccc1)Cc1ccccc1. The molecule has 0 atom stereocenters. The molecule has 0 radical (unpaired) electrons. The van der Waals surface area contributed by atoms with Crippen molar-refractivity contribution in [1.29, 1.82) is 0 Å². The predicted octanol–water partition coefficient (Wildman–Crippen LogP) is 4.78. The van der Waals surface area contributed by atoms with E-state index in [4.69, 9.17) is 9.47 Å². The zero-order valence-corrected chi connectivity index (χ0v) is 16.9. The Morgan fingerprint density at radius 3 is 2.00 bits per heavy atom. The molecule has 1 aliphatic rings. The lowest BCUT2D eigenvalue weighted by Crippen LogP contribution is -2.31. The first-order valence-corrected chi connectivity index (χ1v) is 10.6. The van der Waals surface area contributed by atoms with E-state index >= 15 is 0 Å². The van der Waals surface area contributed by atoms with Crippen LogP contribution in [-0.2, 0) is 17.9 Å². The second-order valence-electron chi connectivity index (χ2n) is 6.82. The third-order valence-corrected chi connectivity index (χ3v) is 5.64. The average Bonchev–Trinajstić information content (AvgIpc) is 2.78. The topological polar surface area (TPSA) is 38.8 Å². The van der Waals surface area contributed by atoms with E-state index in [9.17, 15) is 4.79 Å². The summed E-state index contributed by atoms with van der Waals surface area (Å²) in [6.45, 7) is 2.32. The summed E-state index contributed by atoms with van der Waals surface area (Å²) in [6, 6.07) is 26.1. The summed E-state index contributed by atoms with van der Waals surface area (Å²) >= 11 is 1.52. The third kappa shape index (κ3) is 5.33. The fraction of sp³-hybridized carbons (Fsp3) is 0.208. The van der Waals surface area contributed by atoms with Crippen molar-refractivity contribution >= 4 is 17.7 Å². The van der Waals surface area contributed by atoms with E-state index in [2.05, 4.69) is 24.3 Å². The first kappa shape index (κ1) is 19.4. The third-order valence-electron chi connectivity index (χ3n) is 4.66. The molecular weight excluding hydrogens is 382 g/mol. The highest BCUT2D eigenvalue weighted by atomic mass is 32.2. The molecule has 0 saturated heterocycles. The van der Waals surface area contributed by atoms with E-state index in [0.29, 0.717) is 32.1 Å². The number of rotatable bonds is 7. The number of carbonyl (C=O) groups excluding carboxylic acids is 1. The number of fused-ring (bicyclic) bond motifs is 1. The Balaban J connectivity index is 1.44. The van der Waals surface area contributed by atoms with Crippen molar-refractivity contribution < 1.29 is 14.3 Å². The molecule has 1 heterocycles. The molecule has 0 saturated carbocycles. The van der Waals surface area contributed by atoms with Gasteiger partial charge in [0.2, 0.25) is 5.91 Å². The van der Waals surface area contributed by atoms with E-state index in [-0.39, 0.29) is 5.91 Å². The lowest BCUT2D eigenvalue weighted by Gasteiger charge is -2.23. The van der Waals surface area contributed by atoms with Gasteiger partial charge in [-0.1, -0.05) is 60.7 Å². The minimum absolute atomic E-state index is 0.109. The Hall–Kier alpha value is -2.92. The van der Waals surface area contributed by atoms with Crippen molar-refractivity contribution in [3.8, 4) is 11.5 Å². The van der Waals surface area contributed by atoms with E-state index in [1.54, 1.807) is 0 Å². The van der Waals surface area contributed by atoms with Crippen molar-refractivity contribution in [3.05, 3.63) is 90.0 Å². The van der Waals surface area contributed by atoms with Gasteiger partial charge in [-0.25, -0.2) is 0 Å². The monoisotopic (exact) mass is 405 g/mol. The number of thioether (sulfide) groups is 1. The van der Waals surface area contributed by atoms with Crippen LogP contribution in [0.5, 0.6) is 11.5 Å². The van der Waals surface area contributed by atoms with E-state index < -0.39 is 0 Å². The number of hydrogen-bond donors (Lipinski definition) is 0. The Labute approximate surface area is 175 Å². The van der Waals surface area contributed by atoms with E-state index in [1.165, 1.54) is 11.8 Å². The number of nitrogens with zero attached hydrogens (tertiary/aromatic N) is 1. The lowest BCUT2D eigenvalue weighted by molar-refractivity contribution is -0.129. The summed E-state index contributed by atoms with van der Waals surface area (Å²) in [4.78, 5) is 16.0. The Kier molecular flexibility index (Phi) is 6.37. The van der Waals surface area contributed by atoms with Crippen LogP contribution in [0.2, 0.25) is 0 Å². The number of amides is 1. The molecule has 0 bridgehead atoms. The van der Waals surface area contributed by atoms with Crippen LogP contribution in [0.15, 0.2) is 83.8 Å². The summed E-state index contributed by atoms with van der Waals surface area (Å²) in [5.74, 6) is 2.00. The van der Waals surface area contributed by atoms with Gasteiger partial charge in [0.1, 0.15) is 13.2 Å². The van der Waals surface area contributed by atoms with Crippen molar-refractivity contribution in [3.63, 3.8) is 0 Å². The zero-order valence-electron chi connectivity index (χ0n) is 16.1. The summed E-state index contributed by atoms with van der Waals surface area (Å²) in [6.07, 6.45) is 0. The van der Waals surface area contributed by atoms with Crippen molar-refractivity contribution in [2.24, 2.45) is 0 Å². The minimum atomic E-state index is 0.109. The van der Waals surface area contributed by atoms with Crippen LogP contribution in [0.1, 0.15) is 11.1 Å². The first-order valence-electron chi connectivity index (χ1n) is 9.66. The van der Waals surface area contributed by atoms with Crippen LogP contribution in [0, 0.1) is 0 Å². The van der Waals surface area contributed by atoms with Crippen LogP contribution >= 0.6 is 11.8 Å². The molecule has 0 spiro atoms. The van der Waals surface area contributed by atoms with Crippen molar-refractivity contribution in [2.75, 3.05) is 19.0 Å². The standard InChI is InChI=1S/C24H23NO3S/c26-24(18-29-21-11-12-22-23(15-21)28-14-13-27-22)25(16-19-7-3-1-4-8-19)17-20-9-5-2-6-10-20/h1-12,15H,13-14,16-18H2. The smallest absolute Gasteiger partial charge is 0.233 e. The molecule has 1 amide bonds. The van der Waals surface area contributed by atoms with Crippen LogP contribution in [0.4, 0.5) is 0 Å². The largest absolute Gasteiger partial charge is 0.486 e. The van der Waals surface area contributed by atoms with Gasteiger partial charge in [-0.2, -0.15) is 0 Å². The van der Waals surface area contributed by atoms with Gasteiger partial charge in [-0.05, 0) is 29.3 Å². The van der Waals surface area contributed by atoms with Crippen LogP contribution in [-0.4, -0.2) is 29.8 Å². The lowest BCUT2D eigenvalue weighted by atomic mass is 10.1. The van der Waals surface area contributed by atoms with Gasteiger partial charge in [-0.15, -0.1) is 11.8 Å². The average molecular weight is 406 g/mol. The van der Waals surface area contributed by atoms with Gasteiger partial charge >= 0.3 is 0 Å². The molecule has 4 nitrogen and oxygen atoms in total. The molecule has 5 heteroatoms. The molecule has 0 fully saturated rings. The molecule has 0 aromatic heterocycles. The fourth-order valence-electron chi connectivity index (χ4n) is 3.19. The summed E-state index contributed by atoms with van der Waals surface area (Å²) in [5, 5.41) is 0. The second-order valence-corrected chi connectivity index (χ2v) is 7.86. The highest BCUT2D eigenvalue weighted by Crippen LogP contribution is 2.34. The molecule has 0 unspecified atom stereocenters. The van der Waals surface area contributed by atoms with Crippen molar-refractivity contribution in [2.45, 2.75) is 18.0 Å². The van der Waals surface area contributed by atoms with Gasteiger partial charge in [0.15, 0.2) is 11.5 Å². The van der Waals surface area contributed by atoms with E-state index in [1.807, 2.05) is 59.5 Å². The Morgan fingerprint density at radius 1 is 0.793 bits per heavy atom. The molecule has 4 rings (SSSR count). The number of benzene rings is 3. The number of hydrogen-bond acceptors (Lipinski definition) is 4. The van der Waals surface area contributed by atoms with Gasteiger partial charge in [0, 0.05) is 18.0 Å². The first-order chi connectivity index (χ1) is 14.3.